The number of fused-ring (bicyclic) bond motifs is 2. The zero-order valence-electron chi connectivity index (χ0n) is 19.6. The lowest BCUT2D eigenvalue weighted by molar-refractivity contribution is 0.389. The van der Waals surface area contributed by atoms with Crippen LogP contribution in [-0.4, -0.2) is 52.2 Å². The fourth-order valence-corrected chi connectivity index (χ4v) is 4.27. The Kier molecular flexibility index (Phi) is 5.41. The molecule has 6 aromatic rings. The number of nitrogens with one attached hydrogen (secondary N) is 3. The number of pyridine rings is 3. The van der Waals surface area contributed by atoms with E-state index in [0.29, 0.717) is 28.5 Å². The Morgan fingerprint density at radius 2 is 1.86 bits per heavy atom. The number of aromatic nitrogens is 9. The quantitative estimate of drug-likeness (QED) is 0.305. The molecule has 0 aliphatic carbocycles. The summed E-state index contributed by atoms with van der Waals surface area (Å²) in [5.41, 5.74) is 6.50. The minimum absolute atomic E-state index is 0.126. The first-order chi connectivity index (χ1) is 17.7. The highest BCUT2D eigenvalue weighted by atomic mass is 16.5. The lowest BCUT2D eigenvalue weighted by Crippen LogP contribution is -2.13. The molecule has 0 aliphatic heterocycles. The number of aromatic amines is 2. The normalized spacial score (nSPS) is 12.2. The van der Waals surface area contributed by atoms with Gasteiger partial charge in [-0.1, -0.05) is 6.92 Å². The van der Waals surface area contributed by atoms with Gasteiger partial charge < -0.3 is 15.0 Å². The maximum Gasteiger partial charge on any atom is 0.218 e. The van der Waals surface area contributed by atoms with Crippen LogP contribution >= 0.6 is 0 Å². The lowest BCUT2D eigenvalue weighted by Gasteiger charge is -2.20. The smallest absolute Gasteiger partial charge is 0.218 e. The number of hydrogen-bond donors (Lipinski definition) is 3. The predicted octanol–water partition coefficient (Wildman–Crippen LogP) is 4.32. The van der Waals surface area contributed by atoms with Crippen molar-refractivity contribution in [2.24, 2.45) is 0 Å². The highest BCUT2D eigenvalue weighted by Gasteiger charge is 2.20. The minimum atomic E-state index is -0.126. The minimum Gasteiger partial charge on any atom is -0.481 e. The van der Waals surface area contributed by atoms with Crippen LogP contribution in [0.1, 0.15) is 24.9 Å². The van der Waals surface area contributed by atoms with Crippen LogP contribution in [0.5, 0.6) is 5.88 Å². The van der Waals surface area contributed by atoms with E-state index >= 15 is 0 Å². The molecule has 1 atom stereocenters. The van der Waals surface area contributed by atoms with Crippen molar-refractivity contribution in [1.82, 2.24) is 45.1 Å². The van der Waals surface area contributed by atoms with Crippen LogP contribution in [0.15, 0.2) is 61.7 Å². The van der Waals surface area contributed by atoms with Crippen molar-refractivity contribution in [2.45, 2.75) is 19.4 Å². The van der Waals surface area contributed by atoms with Crippen LogP contribution in [-0.2, 0) is 0 Å². The van der Waals surface area contributed by atoms with Gasteiger partial charge in [0.05, 0.1) is 19.5 Å². The molecule has 0 saturated carbocycles. The molecule has 6 rings (SSSR count). The van der Waals surface area contributed by atoms with Crippen molar-refractivity contribution >= 4 is 28.0 Å². The zero-order valence-corrected chi connectivity index (χ0v) is 19.6. The van der Waals surface area contributed by atoms with Crippen LogP contribution in [0, 0.1) is 0 Å². The molecule has 6 aromatic heterocycles. The van der Waals surface area contributed by atoms with Gasteiger partial charge >= 0.3 is 0 Å². The number of imidazole rings is 1. The second-order valence-corrected chi connectivity index (χ2v) is 8.18. The first-order valence-corrected chi connectivity index (χ1v) is 11.4. The molecule has 0 radical (unpaired) electrons. The Labute approximate surface area is 205 Å². The van der Waals surface area contributed by atoms with Gasteiger partial charge in [0.25, 0.3) is 0 Å². The van der Waals surface area contributed by atoms with Gasteiger partial charge in [0, 0.05) is 52.4 Å². The Morgan fingerprint density at radius 3 is 2.69 bits per heavy atom. The van der Waals surface area contributed by atoms with Crippen LogP contribution in [0.2, 0.25) is 0 Å². The molecule has 0 bridgehead atoms. The summed E-state index contributed by atoms with van der Waals surface area (Å²) < 4.78 is 5.62. The van der Waals surface area contributed by atoms with E-state index < -0.39 is 0 Å². The first kappa shape index (κ1) is 21.6. The van der Waals surface area contributed by atoms with E-state index in [0.717, 1.165) is 39.8 Å². The molecule has 0 amide bonds. The third-order valence-corrected chi connectivity index (χ3v) is 6.07. The summed E-state index contributed by atoms with van der Waals surface area (Å²) in [7, 11) is 1.62. The predicted molar refractivity (Wildman–Crippen MR) is 135 cm³/mol. The Bertz CT molecular complexity index is 1660. The Balaban J connectivity index is 1.41. The van der Waals surface area contributed by atoms with Gasteiger partial charge in [-0.15, -0.1) is 0 Å². The average molecular weight is 479 g/mol. The monoisotopic (exact) mass is 478 g/mol. The van der Waals surface area contributed by atoms with Gasteiger partial charge in [-0.2, -0.15) is 5.10 Å². The molecule has 0 aromatic carbocycles. The summed E-state index contributed by atoms with van der Waals surface area (Å²) in [5, 5.41) is 11.9. The maximum absolute atomic E-state index is 5.62. The number of methoxy groups -OCH3 is 1. The maximum atomic E-state index is 5.62. The molecule has 0 spiro atoms. The SMILES string of the molecule is CC[C@H](Nc1ncnc2[nH]cnc12)c1cc(-c2cnc3[nH]nc(-c4cccnc4)c3c2)cnc1OC. The van der Waals surface area contributed by atoms with Crippen LogP contribution in [0.3, 0.4) is 0 Å². The first-order valence-electron chi connectivity index (χ1n) is 11.4. The van der Waals surface area contributed by atoms with Crippen LogP contribution in [0.4, 0.5) is 5.82 Å². The summed E-state index contributed by atoms with van der Waals surface area (Å²) in [6.45, 7) is 2.09. The van der Waals surface area contributed by atoms with E-state index in [-0.39, 0.29) is 6.04 Å². The number of hydrogen-bond acceptors (Lipinski definition) is 9. The van der Waals surface area contributed by atoms with Crippen molar-refractivity contribution in [1.29, 1.82) is 0 Å². The fourth-order valence-electron chi connectivity index (χ4n) is 4.27. The second kappa shape index (κ2) is 9.02. The van der Waals surface area contributed by atoms with Crippen molar-refractivity contribution < 1.29 is 4.74 Å². The molecule has 178 valence electrons. The molecular formula is C25H22N10O. The molecular weight excluding hydrogens is 456 g/mol. The van der Waals surface area contributed by atoms with E-state index in [1.807, 2.05) is 18.3 Å². The average Bonchev–Trinajstić information content (AvgIpc) is 3.59. The summed E-state index contributed by atoms with van der Waals surface area (Å²) in [6, 6.07) is 7.87. The van der Waals surface area contributed by atoms with E-state index in [2.05, 4.69) is 69.5 Å². The molecule has 36 heavy (non-hydrogen) atoms. The van der Waals surface area contributed by atoms with Gasteiger partial charge in [0.2, 0.25) is 5.88 Å². The van der Waals surface area contributed by atoms with Gasteiger partial charge in [0.15, 0.2) is 17.1 Å². The van der Waals surface area contributed by atoms with Gasteiger partial charge in [-0.05, 0) is 30.7 Å². The Morgan fingerprint density at radius 1 is 0.972 bits per heavy atom. The largest absolute Gasteiger partial charge is 0.481 e. The highest BCUT2D eigenvalue weighted by molar-refractivity contribution is 5.93. The summed E-state index contributed by atoms with van der Waals surface area (Å²) in [4.78, 5) is 29.4. The third kappa shape index (κ3) is 3.76. The number of H-pyrrole nitrogens is 2. The standard InChI is InChI=1S/C25H22N10O/c1-3-19(33-24-21-23(30-12-29-21)31-13-32-24)17-7-15(11-28-25(17)36-2)16-8-18-20(14-5-4-6-26-9-14)34-35-22(18)27-10-16/h4-13,19H,3H2,1-2H3,(H,27,34,35)(H2,29,30,31,32,33)/t19-/m0/s1. The van der Waals surface area contributed by atoms with Crippen LogP contribution in [0.25, 0.3) is 44.6 Å². The van der Waals surface area contributed by atoms with E-state index in [1.54, 1.807) is 32.0 Å². The summed E-state index contributed by atoms with van der Waals surface area (Å²) in [5.74, 6) is 1.18. The molecule has 11 heteroatoms. The summed E-state index contributed by atoms with van der Waals surface area (Å²) in [6.07, 6.45) is 11.0. The number of ether oxygens (including phenoxy) is 1. The van der Waals surface area contributed by atoms with Crippen molar-refractivity contribution in [3.63, 3.8) is 0 Å². The number of anilines is 1. The molecule has 6 heterocycles. The number of nitrogens with zero attached hydrogens (tertiary/aromatic N) is 7. The van der Waals surface area contributed by atoms with Crippen molar-refractivity contribution in [2.75, 3.05) is 12.4 Å². The highest BCUT2D eigenvalue weighted by Crippen LogP contribution is 2.34. The van der Waals surface area contributed by atoms with E-state index in [1.165, 1.54) is 6.33 Å². The fraction of sp³-hybridized carbons (Fsp3) is 0.160. The van der Waals surface area contributed by atoms with Crippen molar-refractivity contribution in [3.8, 4) is 28.3 Å². The third-order valence-electron chi connectivity index (χ3n) is 6.07. The van der Waals surface area contributed by atoms with Crippen molar-refractivity contribution in [3.05, 3.63) is 67.3 Å². The second-order valence-electron chi connectivity index (χ2n) is 8.18. The lowest BCUT2D eigenvalue weighted by atomic mass is 10.00. The van der Waals surface area contributed by atoms with Gasteiger partial charge in [-0.25, -0.2) is 24.9 Å². The van der Waals surface area contributed by atoms with Gasteiger partial charge in [0.1, 0.15) is 17.5 Å². The molecule has 11 nitrogen and oxygen atoms in total. The molecule has 3 N–H and O–H groups in total. The molecule has 0 fully saturated rings. The molecule has 0 saturated heterocycles. The van der Waals surface area contributed by atoms with Gasteiger partial charge in [-0.3, -0.25) is 10.1 Å². The molecule has 0 unspecified atom stereocenters. The van der Waals surface area contributed by atoms with E-state index in [9.17, 15) is 0 Å². The zero-order chi connectivity index (χ0) is 24.5. The number of rotatable bonds is 7. The topological polar surface area (TPSA) is 143 Å². The molecule has 0 aliphatic rings. The summed E-state index contributed by atoms with van der Waals surface area (Å²) >= 11 is 0. The Hall–Kier alpha value is -4.93. The van der Waals surface area contributed by atoms with Crippen LogP contribution < -0.4 is 10.1 Å². The van der Waals surface area contributed by atoms with E-state index in [4.69, 9.17) is 4.74 Å².